The molecule has 1 heterocycles. The molecule has 6 heteroatoms. The molecule has 27 heavy (non-hydrogen) atoms. The van der Waals surface area contributed by atoms with Gasteiger partial charge >= 0.3 is 0 Å². The summed E-state index contributed by atoms with van der Waals surface area (Å²) in [4.78, 5) is 25.1. The second kappa shape index (κ2) is 7.94. The first-order valence-corrected chi connectivity index (χ1v) is 9.09. The van der Waals surface area contributed by atoms with Gasteiger partial charge in [-0.05, 0) is 48.2 Å². The maximum absolute atomic E-state index is 13.0. The Morgan fingerprint density at radius 3 is 2.44 bits per heavy atom. The van der Waals surface area contributed by atoms with Crippen molar-refractivity contribution in [2.75, 3.05) is 6.61 Å². The van der Waals surface area contributed by atoms with Crippen LogP contribution in [0.2, 0.25) is 5.02 Å². The molecule has 0 saturated carbocycles. The molecule has 1 amide bonds. The first-order chi connectivity index (χ1) is 12.9. The van der Waals surface area contributed by atoms with Crippen LogP contribution in [0.5, 0.6) is 0 Å². The third-order valence-electron chi connectivity index (χ3n) is 4.74. The van der Waals surface area contributed by atoms with Crippen LogP contribution < -0.4 is 11.2 Å². The average Bonchev–Trinajstić information content (AvgIpc) is 2.65. The molecule has 0 saturated heterocycles. The van der Waals surface area contributed by atoms with Crippen molar-refractivity contribution in [1.82, 2.24) is 4.57 Å². The summed E-state index contributed by atoms with van der Waals surface area (Å²) in [5, 5.41) is 10.1. The van der Waals surface area contributed by atoms with E-state index in [4.69, 9.17) is 22.4 Å². The number of hydrogen-bond acceptors (Lipinski definition) is 3. The number of aliphatic hydroxyl groups is 1. The standard InChI is InChI=1S/C21H21ClN2O3/c1-24-17-9-6-13(3-2-10-25)11-16(17)20(26)19(21(23)27)18(24)12-14-4-7-15(22)8-5-14/h4-9,11,25H,2-3,10,12H2,1H3,(H2,23,27). The molecule has 3 N–H and O–H groups in total. The number of fused-ring (bicyclic) bond motifs is 1. The number of amides is 1. The molecule has 0 aliphatic carbocycles. The van der Waals surface area contributed by atoms with Gasteiger partial charge in [-0.15, -0.1) is 0 Å². The quantitative estimate of drug-likeness (QED) is 0.685. The lowest BCUT2D eigenvalue weighted by atomic mass is 9.99. The summed E-state index contributed by atoms with van der Waals surface area (Å²) >= 11 is 5.94. The van der Waals surface area contributed by atoms with Gasteiger partial charge in [0, 0.05) is 36.2 Å². The van der Waals surface area contributed by atoms with Gasteiger partial charge in [0.25, 0.3) is 5.91 Å². The summed E-state index contributed by atoms with van der Waals surface area (Å²) in [6, 6.07) is 12.9. The number of aromatic nitrogens is 1. The highest BCUT2D eigenvalue weighted by atomic mass is 35.5. The van der Waals surface area contributed by atoms with E-state index in [1.54, 1.807) is 18.2 Å². The summed E-state index contributed by atoms with van der Waals surface area (Å²) in [7, 11) is 1.83. The van der Waals surface area contributed by atoms with Crippen molar-refractivity contribution in [2.24, 2.45) is 12.8 Å². The second-order valence-corrected chi connectivity index (χ2v) is 6.99. The van der Waals surface area contributed by atoms with Gasteiger partial charge in [0.15, 0.2) is 0 Å². The van der Waals surface area contributed by atoms with E-state index < -0.39 is 5.91 Å². The summed E-state index contributed by atoms with van der Waals surface area (Å²) < 4.78 is 1.85. The van der Waals surface area contributed by atoms with Gasteiger partial charge in [0.05, 0.1) is 5.52 Å². The van der Waals surface area contributed by atoms with E-state index in [9.17, 15) is 9.59 Å². The molecule has 0 aliphatic heterocycles. The second-order valence-electron chi connectivity index (χ2n) is 6.56. The number of hydrogen-bond donors (Lipinski definition) is 2. The molecular formula is C21H21ClN2O3. The Bertz CT molecular complexity index is 1060. The number of primary amides is 1. The van der Waals surface area contributed by atoms with Gasteiger partial charge < -0.3 is 15.4 Å². The van der Waals surface area contributed by atoms with E-state index in [0.717, 1.165) is 16.6 Å². The fraction of sp³-hybridized carbons (Fsp3) is 0.238. The molecule has 0 spiro atoms. The van der Waals surface area contributed by atoms with E-state index in [0.29, 0.717) is 35.4 Å². The maximum atomic E-state index is 13.0. The van der Waals surface area contributed by atoms with Crippen molar-refractivity contribution < 1.29 is 9.90 Å². The Kier molecular flexibility index (Phi) is 5.63. The largest absolute Gasteiger partial charge is 0.396 e. The van der Waals surface area contributed by atoms with Crippen molar-refractivity contribution in [3.8, 4) is 0 Å². The van der Waals surface area contributed by atoms with Gasteiger partial charge in [0.2, 0.25) is 5.43 Å². The molecule has 1 aromatic heterocycles. The molecule has 2 aromatic carbocycles. The lowest BCUT2D eigenvalue weighted by molar-refractivity contribution is 0.0998. The number of nitrogens with two attached hydrogens (primary N) is 1. The molecule has 5 nitrogen and oxygen atoms in total. The van der Waals surface area contributed by atoms with Gasteiger partial charge in [-0.25, -0.2) is 0 Å². The number of aryl methyl sites for hydroxylation is 2. The zero-order chi connectivity index (χ0) is 19.6. The summed E-state index contributed by atoms with van der Waals surface area (Å²) in [6.07, 6.45) is 1.67. The van der Waals surface area contributed by atoms with Crippen molar-refractivity contribution in [3.63, 3.8) is 0 Å². The van der Waals surface area contributed by atoms with Crippen molar-refractivity contribution in [3.05, 3.63) is 80.1 Å². The summed E-state index contributed by atoms with van der Waals surface area (Å²) in [5.41, 5.74) is 8.40. The Morgan fingerprint density at radius 2 is 1.81 bits per heavy atom. The number of aliphatic hydroxyl groups excluding tert-OH is 1. The van der Waals surface area contributed by atoms with Crippen LogP contribution in [-0.4, -0.2) is 22.2 Å². The number of halogens is 1. The predicted octanol–water partition coefficient (Wildman–Crippen LogP) is 2.81. The minimum Gasteiger partial charge on any atom is -0.396 e. The Morgan fingerprint density at radius 1 is 1.15 bits per heavy atom. The lowest BCUT2D eigenvalue weighted by Crippen LogP contribution is -2.28. The van der Waals surface area contributed by atoms with E-state index in [-0.39, 0.29) is 17.6 Å². The minimum atomic E-state index is -0.734. The molecule has 0 fully saturated rings. The number of carbonyl (C=O) groups is 1. The molecule has 0 bridgehead atoms. The van der Waals surface area contributed by atoms with Crippen LogP contribution in [0.3, 0.4) is 0 Å². The summed E-state index contributed by atoms with van der Waals surface area (Å²) in [6.45, 7) is 0.0859. The molecule has 3 rings (SSSR count). The van der Waals surface area contributed by atoms with Crippen LogP contribution in [0.15, 0.2) is 47.3 Å². The van der Waals surface area contributed by atoms with Crippen LogP contribution in [-0.2, 0) is 19.9 Å². The van der Waals surface area contributed by atoms with E-state index in [1.165, 1.54) is 0 Å². The zero-order valence-corrected chi connectivity index (χ0v) is 15.8. The van der Waals surface area contributed by atoms with Gasteiger partial charge in [0.1, 0.15) is 5.56 Å². The molecule has 0 radical (unpaired) electrons. The monoisotopic (exact) mass is 384 g/mol. The van der Waals surface area contributed by atoms with Gasteiger partial charge in [-0.2, -0.15) is 0 Å². The number of benzene rings is 2. The van der Waals surface area contributed by atoms with Crippen molar-refractivity contribution in [2.45, 2.75) is 19.3 Å². The number of nitrogens with zero attached hydrogens (tertiary/aromatic N) is 1. The first kappa shape index (κ1) is 19.1. The highest BCUT2D eigenvalue weighted by Gasteiger charge is 2.20. The molecule has 140 valence electrons. The molecule has 0 unspecified atom stereocenters. The van der Waals surface area contributed by atoms with E-state index in [1.807, 2.05) is 35.9 Å². The SMILES string of the molecule is Cn1c(Cc2ccc(Cl)cc2)c(C(N)=O)c(=O)c2cc(CCCO)ccc21. The molecular weight excluding hydrogens is 364 g/mol. The van der Waals surface area contributed by atoms with Crippen molar-refractivity contribution >= 4 is 28.4 Å². The third-order valence-corrected chi connectivity index (χ3v) is 4.99. The fourth-order valence-electron chi connectivity index (χ4n) is 3.33. The van der Waals surface area contributed by atoms with Crippen molar-refractivity contribution in [1.29, 1.82) is 0 Å². The zero-order valence-electron chi connectivity index (χ0n) is 15.0. The fourth-order valence-corrected chi connectivity index (χ4v) is 3.46. The van der Waals surface area contributed by atoms with Crippen LogP contribution in [0, 0.1) is 0 Å². The van der Waals surface area contributed by atoms with E-state index >= 15 is 0 Å². The molecule has 3 aromatic rings. The summed E-state index contributed by atoms with van der Waals surface area (Å²) in [5.74, 6) is -0.734. The minimum absolute atomic E-state index is 0.0132. The predicted molar refractivity (Wildman–Crippen MR) is 107 cm³/mol. The highest BCUT2D eigenvalue weighted by molar-refractivity contribution is 6.30. The van der Waals surface area contributed by atoms with E-state index in [2.05, 4.69) is 0 Å². The van der Waals surface area contributed by atoms with Crippen LogP contribution in [0.25, 0.3) is 10.9 Å². The lowest BCUT2D eigenvalue weighted by Gasteiger charge is -2.17. The Balaban J connectivity index is 2.19. The first-order valence-electron chi connectivity index (χ1n) is 8.72. The Hall–Kier alpha value is -2.63. The Labute approximate surface area is 162 Å². The molecule has 0 aliphatic rings. The van der Waals surface area contributed by atoms with Gasteiger partial charge in [-0.1, -0.05) is 29.8 Å². The number of rotatable bonds is 6. The number of pyridine rings is 1. The normalized spacial score (nSPS) is 11.1. The average molecular weight is 385 g/mol. The van der Waals surface area contributed by atoms with Crippen LogP contribution >= 0.6 is 11.6 Å². The van der Waals surface area contributed by atoms with Crippen LogP contribution in [0.1, 0.15) is 33.6 Å². The van der Waals surface area contributed by atoms with Gasteiger partial charge in [-0.3, -0.25) is 9.59 Å². The van der Waals surface area contributed by atoms with Crippen LogP contribution in [0.4, 0.5) is 0 Å². The molecule has 0 atom stereocenters. The maximum Gasteiger partial charge on any atom is 0.254 e. The highest BCUT2D eigenvalue weighted by Crippen LogP contribution is 2.21. The smallest absolute Gasteiger partial charge is 0.254 e. The topological polar surface area (TPSA) is 85.3 Å². The third kappa shape index (κ3) is 3.89. The number of carbonyl (C=O) groups excluding carboxylic acids is 1.